The molecule has 0 spiro atoms. The maximum atomic E-state index is 11.1. The van der Waals surface area contributed by atoms with E-state index in [2.05, 4.69) is 17.4 Å². The van der Waals surface area contributed by atoms with Crippen molar-refractivity contribution >= 4 is 11.4 Å². The van der Waals surface area contributed by atoms with Gasteiger partial charge in [0.1, 0.15) is 5.69 Å². The van der Waals surface area contributed by atoms with Gasteiger partial charge in [-0.3, -0.25) is 10.1 Å². The van der Waals surface area contributed by atoms with Crippen LogP contribution < -0.4 is 5.32 Å². The monoisotopic (exact) mass is 340 g/mol. The summed E-state index contributed by atoms with van der Waals surface area (Å²) in [6.45, 7) is 1.42. The second kappa shape index (κ2) is 8.62. The van der Waals surface area contributed by atoms with Crippen LogP contribution in [-0.2, 0) is 11.3 Å². The number of ether oxygens (including phenoxy) is 1. The molecule has 1 N–H and O–H groups in total. The molecular formula is C20H24N2O3. The number of nitro groups is 1. The Morgan fingerprint density at radius 1 is 1.08 bits per heavy atom. The number of benzene rings is 2. The van der Waals surface area contributed by atoms with E-state index in [4.69, 9.17) is 4.74 Å². The number of anilines is 1. The highest BCUT2D eigenvalue weighted by molar-refractivity contribution is 5.61. The predicted molar refractivity (Wildman–Crippen MR) is 98.6 cm³/mol. The van der Waals surface area contributed by atoms with Crippen LogP contribution in [0, 0.1) is 16.0 Å². The third kappa shape index (κ3) is 5.03. The van der Waals surface area contributed by atoms with Gasteiger partial charge in [-0.05, 0) is 43.2 Å². The molecule has 1 saturated carbocycles. The van der Waals surface area contributed by atoms with Gasteiger partial charge in [-0.1, -0.05) is 42.5 Å². The van der Waals surface area contributed by atoms with Crippen LogP contribution >= 0.6 is 0 Å². The molecule has 132 valence electrons. The van der Waals surface area contributed by atoms with Crippen molar-refractivity contribution in [1.29, 1.82) is 0 Å². The van der Waals surface area contributed by atoms with Crippen LogP contribution in [0.2, 0.25) is 0 Å². The molecule has 2 atom stereocenters. The number of hydrogen-bond acceptors (Lipinski definition) is 4. The molecule has 0 heterocycles. The Morgan fingerprint density at radius 3 is 2.64 bits per heavy atom. The third-order valence-corrected chi connectivity index (χ3v) is 4.78. The molecule has 0 aromatic heterocycles. The summed E-state index contributed by atoms with van der Waals surface area (Å²) in [6.07, 6.45) is 4.28. The van der Waals surface area contributed by atoms with Crippen molar-refractivity contribution in [2.45, 2.75) is 38.3 Å². The third-order valence-electron chi connectivity index (χ3n) is 4.78. The van der Waals surface area contributed by atoms with E-state index in [0.29, 0.717) is 24.3 Å². The number of rotatable bonds is 8. The van der Waals surface area contributed by atoms with Crippen molar-refractivity contribution in [3.05, 3.63) is 70.3 Å². The van der Waals surface area contributed by atoms with Gasteiger partial charge in [0.05, 0.1) is 11.5 Å². The number of para-hydroxylation sites is 2. The summed E-state index contributed by atoms with van der Waals surface area (Å²) >= 11 is 0. The minimum absolute atomic E-state index is 0.150. The van der Waals surface area contributed by atoms with E-state index >= 15 is 0 Å². The number of hydrogen-bond donors (Lipinski definition) is 1. The van der Waals surface area contributed by atoms with E-state index in [9.17, 15) is 10.1 Å². The van der Waals surface area contributed by atoms with E-state index in [1.54, 1.807) is 18.2 Å². The average molecular weight is 340 g/mol. The Labute approximate surface area is 148 Å². The van der Waals surface area contributed by atoms with Gasteiger partial charge in [-0.25, -0.2) is 0 Å². The van der Waals surface area contributed by atoms with Crippen molar-refractivity contribution in [2.75, 3.05) is 11.9 Å². The van der Waals surface area contributed by atoms with Crippen molar-refractivity contribution in [3.63, 3.8) is 0 Å². The van der Waals surface area contributed by atoms with E-state index in [0.717, 1.165) is 32.3 Å². The minimum atomic E-state index is -0.327. The molecule has 1 aliphatic carbocycles. The minimum Gasteiger partial charge on any atom is -0.377 e. The van der Waals surface area contributed by atoms with Gasteiger partial charge in [0.2, 0.25) is 0 Å². The fourth-order valence-corrected chi connectivity index (χ4v) is 3.46. The van der Waals surface area contributed by atoms with Gasteiger partial charge < -0.3 is 10.1 Å². The van der Waals surface area contributed by atoms with Crippen molar-refractivity contribution < 1.29 is 9.66 Å². The Kier molecular flexibility index (Phi) is 6.01. The summed E-state index contributed by atoms with van der Waals surface area (Å²) in [5.41, 5.74) is 1.97. The average Bonchev–Trinajstić information content (AvgIpc) is 3.07. The van der Waals surface area contributed by atoms with E-state index in [-0.39, 0.29) is 10.6 Å². The van der Waals surface area contributed by atoms with E-state index in [1.165, 1.54) is 5.56 Å². The normalized spacial score (nSPS) is 19.7. The maximum absolute atomic E-state index is 11.1. The fourth-order valence-electron chi connectivity index (χ4n) is 3.46. The lowest BCUT2D eigenvalue weighted by Gasteiger charge is -2.15. The molecule has 0 saturated heterocycles. The SMILES string of the molecule is O=[N+]([O-])c1ccccc1N[C@H]1CC[C@@H](CCOCc2ccccc2)C1. The van der Waals surface area contributed by atoms with Crippen molar-refractivity contribution in [3.8, 4) is 0 Å². The largest absolute Gasteiger partial charge is 0.377 e. The smallest absolute Gasteiger partial charge is 0.292 e. The maximum Gasteiger partial charge on any atom is 0.292 e. The zero-order valence-corrected chi connectivity index (χ0v) is 14.3. The zero-order chi connectivity index (χ0) is 17.5. The number of nitrogens with zero attached hydrogens (tertiary/aromatic N) is 1. The molecule has 0 radical (unpaired) electrons. The van der Waals surface area contributed by atoms with Gasteiger partial charge >= 0.3 is 0 Å². The first kappa shape index (κ1) is 17.4. The Bertz CT molecular complexity index is 690. The highest BCUT2D eigenvalue weighted by Crippen LogP contribution is 2.33. The molecule has 0 aliphatic heterocycles. The first-order valence-corrected chi connectivity index (χ1v) is 8.84. The molecule has 1 aliphatic rings. The first-order valence-electron chi connectivity index (χ1n) is 8.84. The Balaban J connectivity index is 1.41. The van der Waals surface area contributed by atoms with E-state index in [1.807, 2.05) is 24.3 Å². The molecule has 2 aromatic rings. The second-order valence-electron chi connectivity index (χ2n) is 6.62. The van der Waals surface area contributed by atoms with Crippen LogP contribution in [-0.4, -0.2) is 17.6 Å². The molecule has 0 bridgehead atoms. The molecule has 5 heteroatoms. The van der Waals surface area contributed by atoms with Crippen LogP contribution in [0.25, 0.3) is 0 Å². The van der Waals surface area contributed by atoms with Crippen LogP contribution in [0.4, 0.5) is 11.4 Å². The molecule has 25 heavy (non-hydrogen) atoms. The summed E-state index contributed by atoms with van der Waals surface area (Å²) < 4.78 is 5.78. The topological polar surface area (TPSA) is 64.4 Å². The second-order valence-corrected chi connectivity index (χ2v) is 6.62. The fraction of sp³-hybridized carbons (Fsp3) is 0.400. The van der Waals surface area contributed by atoms with E-state index < -0.39 is 0 Å². The molecule has 5 nitrogen and oxygen atoms in total. The zero-order valence-electron chi connectivity index (χ0n) is 14.3. The van der Waals surface area contributed by atoms with Crippen molar-refractivity contribution in [1.82, 2.24) is 0 Å². The quantitative estimate of drug-likeness (QED) is 0.426. The van der Waals surface area contributed by atoms with Crippen molar-refractivity contribution in [2.24, 2.45) is 5.92 Å². The predicted octanol–water partition coefficient (Wildman–Crippen LogP) is 4.78. The number of nitro benzene ring substituents is 1. The van der Waals surface area contributed by atoms with Crippen LogP contribution in [0.1, 0.15) is 31.2 Å². The highest BCUT2D eigenvalue weighted by atomic mass is 16.6. The molecule has 3 rings (SSSR count). The summed E-state index contributed by atoms with van der Waals surface area (Å²) in [6, 6.07) is 17.4. The van der Waals surface area contributed by atoms with Crippen LogP contribution in [0.15, 0.2) is 54.6 Å². The molecule has 0 unspecified atom stereocenters. The molecule has 2 aromatic carbocycles. The molecule has 1 fully saturated rings. The van der Waals surface area contributed by atoms with Gasteiger partial charge in [-0.15, -0.1) is 0 Å². The molecule has 0 amide bonds. The van der Waals surface area contributed by atoms with Crippen LogP contribution in [0.5, 0.6) is 0 Å². The van der Waals surface area contributed by atoms with Gasteiger partial charge in [0.25, 0.3) is 5.69 Å². The van der Waals surface area contributed by atoms with Crippen LogP contribution in [0.3, 0.4) is 0 Å². The van der Waals surface area contributed by atoms with Gasteiger partial charge in [-0.2, -0.15) is 0 Å². The summed E-state index contributed by atoms with van der Waals surface area (Å²) in [7, 11) is 0. The first-order chi connectivity index (χ1) is 12.2. The van der Waals surface area contributed by atoms with Gasteiger partial charge in [0, 0.05) is 18.7 Å². The standard InChI is InChI=1S/C20H24N2O3/c23-22(24)20-9-5-4-8-19(20)21-18-11-10-16(14-18)12-13-25-15-17-6-2-1-3-7-17/h1-9,16,18,21H,10-15H2/t16-,18-/m0/s1. The van der Waals surface area contributed by atoms with Gasteiger partial charge in [0.15, 0.2) is 0 Å². The summed E-state index contributed by atoms with van der Waals surface area (Å²) in [5, 5.41) is 14.5. The summed E-state index contributed by atoms with van der Waals surface area (Å²) in [4.78, 5) is 10.8. The highest BCUT2D eigenvalue weighted by Gasteiger charge is 2.26. The lowest BCUT2D eigenvalue weighted by molar-refractivity contribution is -0.384. The molecular weight excluding hydrogens is 316 g/mol. The summed E-state index contributed by atoms with van der Waals surface area (Å²) in [5.74, 6) is 0.621. The lowest BCUT2D eigenvalue weighted by atomic mass is 10.0. The number of nitrogens with one attached hydrogen (secondary N) is 1. The Morgan fingerprint density at radius 2 is 1.84 bits per heavy atom. The lowest BCUT2D eigenvalue weighted by Crippen LogP contribution is -2.16. The Hall–Kier alpha value is -2.40.